The van der Waals surface area contributed by atoms with E-state index >= 15 is 0 Å². The molecule has 3 nitrogen and oxygen atoms in total. The van der Waals surface area contributed by atoms with E-state index in [2.05, 4.69) is 15.0 Å². The Morgan fingerprint density at radius 1 is 0.920 bits per heavy atom. The Labute approximate surface area is 162 Å². The molecule has 1 aromatic carbocycles. The van der Waals surface area contributed by atoms with E-state index in [9.17, 15) is 0 Å². The van der Waals surface area contributed by atoms with Gasteiger partial charge in [0.25, 0.3) is 0 Å². The lowest BCUT2D eigenvalue weighted by Crippen LogP contribution is -1.97. The van der Waals surface area contributed by atoms with Crippen LogP contribution < -0.4 is 0 Å². The lowest BCUT2D eigenvalue weighted by molar-refractivity contribution is 0.979. The predicted octanol–water partition coefficient (Wildman–Crippen LogP) is 6.57. The maximum absolute atomic E-state index is 6.48. The minimum atomic E-state index is 0.429. The molecule has 0 saturated carbocycles. The molecule has 0 amide bonds. The third kappa shape index (κ3) is 4.51. The second kappa shape index (κ2) is 9.18. The summed E-state index contributed by atoms with van der Waals surface area (Å²) < 4.78 is 0. The van der Waals surface area contributed by atoms with Crippen LogP contribution in [0.15, 0.2) is 47.9 Å². The molecule has 25 heavy (non-hydrogen) atoms. The average molecular weight is 392 g/mol. The molecule has 2 aromatic heterocycles. The Morgan fingerprint density at radius 2 is 1.60 bits per heavy atom. The topological polar surface area (TPSA) is 38.7 Å². The van der Waals surface area contributed by atoms with Gasteiger partial charge >= 0.3 is 0 Å². The summed E-state index contributed by atoms with van der Waals surface area (Å²) in [6.07, 6.45) is 5.40. The van der Waals surface area contributed by atoms with Crippen molar-refractivity contribution in [2.75, 3.05) is 6.26 Å². The number of aryl methyl sites for hydroxylation is 1. The fourth-order valence-electron chi connectivity index (χ4n) is 2.28. The molecular formula is C19H19Cl2N3S. The summed E-state index contributed by atoms with van der Waals surface area (Å²) >= 11 is 14.1. The van der Waals surface area contributed by atoms with Gasteiger partial charge in [0.2, 0.25) is 0 Å². The molecule has 6 heteroatoms. The number of aromatic nitrogens is 3. The number of nitrogens with zero attached hydrogens (tertiary/aromatic N) is 3. The van der Waals surface area contributed by atoms with Gasteiger partial charge in [-0.3, -0.25) is 4.98 Å². The minimum absolute atomic E-state index is 0.429. The molecule has 3 rings (SSSR count). The third-order valence-corrected chi connectivity index (χ3v) is 4.67. The van der Waals surface area contributed by atoms with Crippen LogP contribution in [0.1, 0.15) is 19.4 Å². The molecular weight excluding hydrogens is 373 g/mol. The standard InChI is InChI=1S/C17H13Cl2N3S.C2H6/c1-10-9-12(3-4-13(10)18)14-15(11-5-7-20-8-6-11)21-17(23-2)22-16(14)19;1-2/h3-9H,1-2H3;1-2H3. The first-order chi connectivity index (χ1) is 12.1. The number of pyridine rings is 1. The summed E-state index contributed by atoms with van der Waals surface area (Å²) in [7, 11) is 0. The van der Waals surface area contributed by atoms with E-state index in [0.717, 1.165) is 33.0 Å². The molecule has 0 aliphatic carbocycles. The van der Waals surface area contributed by atoms with Crippen molar-refractivity contribution in [2.24, 2.45) is 0 Å². The fraction of sp³-hybridized carbons (Fsp3) is 0.211. The van der Waals surface area contributed by atoms with Gasteiger partial charge in [0, 0.05) is 28.5 Å². The van der Waals surface area contributed by atoms with Crippen molar-refractivity contribution in [3.63, 3.8) is 0 Å². The number of hydrogen-bond donors (Lipinski definition) is 0. The Bertz CT molecular complexity index is 855. The number of halogens is 2. The summed E-state index contributed by atoms with van der Waals surface area (Å²) in [5.74, 6) is 0. The van der Waals surface area contributed by atoms with Crippen LogP contribution in [0.2, 0.25) is 10.2 Å². The molecule has 0 spiro atoms. The molecule has 0 N–H and O–H groups in total. The van der Waals surface area contributed by atoms with Gasteiger partial charge in [-0.05, 0) is 48.6 Å². The summed E-state index contributed by atoms with van der Waals surface area (Å²) in [4.78, 5) is 13.1. The highest BCUT2D eigenvalue weighted by Crippen LogP contribution is 2.37. The summed E-state index contributed by atoms with van der Waals surface area (Å²) in [5, 5.41) is 1.78. The zero-order chi connectivity index (χ0) is 18.4. The van der Waals surface area contributed by atoms with Crippen molar-refractivity contribution >= 4 is 35.0 Å². The highest BCUT2D eigenvalue weighted by molar-refractivity contribution is 7.98. The van der Waals surface area contributed by atoms with Gasteiger partial charge in [-0.15, -0.1) is 0 Å². The quantitative estimate of drug-likeness (QED) is 0.287. The Balaban J connectivity index is 0.00000109. The number of rotatable bonds is 3. The summed E-state index contributed by atoms with van der Waals surface area (Å²) in [5.41, 5.74) is 4.46. The normalized spacial score (nSPS) is 10.2. The average Bonchev–Trinajstić information content (AvgIpc) is 2.66. The minimum Gasteiger partial charge on any atom is -0.265 e. The molecule has 0 radical (unpaired) electrons. The molecule has 0 bridgehead atoms. The monoisotopic (exact) mass is 391 g/mol. The van der Waals surface area contributed by atoms with Crippen LogP contribution in [0.4, 0.5) is 0 Å². The molecule has 0 atom stereocenters. The van der Waals surface area contributed by atoms with Gasteiger partial charge in [0.1, 0.15) is 5.15 Å². The lowest BCUT2D eigenvalue weighted by atomic mass is 10.00. The van der Waals surface area contributed by atoms with Gasteiger partial charge in [0.05, 0.1) is 5.69 Å². The van der Waals surface area contributed by atoms with Crippen molar-refractivity contribution in [1.82, 2.24) is 15.0 Å². The molecule has 0 fully saturated rings. The van der Waals surface area contributed by atoms with Crippen LogP contribution in [0.5, 0.6) is 0 Å². The number of benzene rings is 1. The molecule has 0 saturated heterocycles. The van der Waals surface area contributed by atoms with Crippen LogP contribution in [0.3, 0.4) is 0 Å². The summed E-state index contributed by atoms with van der Waals surface area (Å²) in [6.45, 7) is 5.96. The smallest absolute Gasteiger partial charge is 0.189 e. The van der Waals surface area contributed by atoms with Crippen molar-refractivity contribution in [2.45, 2.75) is 25.9 Å². The van der Waals surface area contributed by atoms with Crippen LogP contribution in [0.25, 0.3) is 22.4 Å². The largest absolute Gasteiger partial charge is 0.265 e. The van der Waals surface area contributed by atoms with Gasteiger partial charge in [0.15, 0.2) is 5.16 Å². The lowest BCUT2D eigenvalue weighted by Gasteiger charge is -2.13. The van der Waals surface area contributed by atoms with Gasteiger partial charge in [-0.1, -0.05) is 54.9 Å². The second-order valence-corrected chi connectivity index (χ2v) is 6.46. The predicted molar refractivity (Wildman–Crippen MR) is 109 cm³/mol. The van der Waals surface area contributed by atoms with Crippen LogP contribution in [-0.4, -0.2) is 21.2 Å². The molecule has 0 aliphatic heterocycles. The first-order valence-electron chi connectivity index (χ1n) is 7.88. The Hall–Kier alpha value is -1.62. The van der Waals surface area contributed by atoms with Gasteiger partial charge < -0.3 is 0 Å². The van der Waals surface area contributed by atoms with E-state index in [1.54, 1.807) is 12.4 Å². The van der Waals surface area contributed by atoms with E-state index in [0.29, 0.717) is 10.3 Å². The third-order valence-electron chi connectivity index (χ3n) is 3.43. The second-order valence-electron chi connectivity index (χ2n) is 4.92. The molecule has 2 heterocycles. The Kier molecular flexibility index (Phi) is 7.24. The zero-order valence-corrected chi connectivity index (χ0v) is 16.9. The summed E-state index contributed by atoms with van der Waals surface area (Å²) in [6, 6.07) is 9.62. The SMILES string of the molecule is CC.CSc1nc(Cl)c(-c2ccc(Cl)c(C)c2)c(-c2ccncc2)n1. The van der Waals surface area contributed by atoms with E-state index in [-0.39, 0.29) is 0 Å². The van der Waals surface area contributed by atoms with E-state index in [1.807, 2.05) is 57.4 Å². The number of thioether (sulfide) groups is 1. The van der Waals surface area contributed by atoms with Crippen molar-refractivity contribution in [3.8, 4) is 22.4 Å². The molecule has 3 aromatic rings. The molecule has 130 valence electrons. The number of hydrogen-bond acceptors (Lipinski definition) is 4. The van der Waals surface area contributed by atoms with Gasteiger partial charge in [-0.25, -0.2) is 9.97 Å². The van der Waals surface area contributed by atoms with Gasteiger partial charge in [-0.2, -0.15) is 0 Å². The fourth-order valence-corrected chi connectivity index (χ4v) is 3.09. The van der Waals surface area contributed by atoms with Crippen LogP contribution in [-0.2, 0) is 0 Å². The maximum Gasteiger partial charge on any atom is 0.189 e. The van der Waals surface area contributed by atoms with Crippen molar-refractivity contribution in [1.29, 1.82) is 0 Å². The van der Waals surface area contributed by atoms with E-state index < -0.39 is 0 Å². The van der Waals surface area contributed by atoms with Crippen molar-refractivity contribution < 1.29 is 0 Å². The maximum atomic E-state index is 6.48. The van der Waals surface area contributed by atoms with Crippen molar-refractivity contribution in [3.05, 3.63) is 58.5 Å². The first kappa shape index (κ1) is 19.7. The Morgan fingerprint density at radius 3 is 2.20 bits per heavy atom. The van der Waals surface area contributed by atoms with Crippen LogP contribution >= 0.6 is 35.0 Å². The van der Waals surface area contributed by atoms with Crippen LogP contribution in [0, 0.1) is 6.92 Å². The highest BCUT2D eigenvalue weighted by atomic mass is 35.5. The first-order valence-corrected chi connectivity index (χ1v) is 9.86. The molecule has 0 aliphatic rings. The van der Waals surface area contributed by atoms with E-state index in [4.69, 9.17) is 23.2 Å². The van der Waals surface area contributed by atoms with E-state index in [1.165, 1.54) is 11.8 Å². The highest BCUT2D eigenvalue weighted by Gasteiger charge is 2.17. The zero-order valence-electron chi connectivity index (χ0n) is 14.5. The molecule has 0 unspecified atom stereocenters.